The van der Waals surface area contributed by atoms with Crippen molar-refractivity contribution >= 4 is 16.9 Å². The van der Waals surface area contributed by atoms with Crippen LogP contribution in [0.5, 0.6) is 5.75 Å². The number of hydrogen-bond donors (Lipinski definition) is 1. The number of carbonyl (C=O) groups is 1. The number of benzene rings is 2. The molecule has 0 bridgehead atoms. The molecule has 3 rings (SSSR count). The molecule has 2 aromatic carbocycles. The van der Waals surface area contributed by atoms with E-state index in [1.54, 1.807) is 29.6 Å². The third-order valence-corrected chi connectivity index (χ3v) is 3.69. The fourth-order valence-electron chi connectivity index (χ4n) is 2.41. The first-order chi connectivity index (χ1) is 12.8. The van der Waals surface area contributed by atoms with Crippen LogP contribution in [0, 0.1) is 0 Å². The summed E-state index contributed by atoms with van der Waals surface area (Å²) >= 11 is 0. The summed E-state index contributed by atoms with van der Waals surface area (Å²) in [4.78, 5) is 24.0. The predicted molar refractivity (Wildman–Crippen MR) is 92.5 cm³/mol. The van der Waals surface area contributed by atoms with Crippen LogP contribution in [-0.4, -0.2) is 25.2 Å². The van der Waals surface area contributed by atoms with Crippen LogP contribution < -0.4 is 15.5 Å². The van der Waals surface area contributed by atoms with Crippen molar-refractivity contribution in [2.24, 2.45) is 0 Å². The van der Waals surface area contributed by atoms with Gasteiger partial charge in [-0.25, -0.2) is 0 Å². The smallest absolute Gasteiger partial charge is 0.405 e. The lowest BCUT2D eigenvalue weighted by Crippen LogP contribution is -2.36. The number of hydrogen-bond acceptors (Lipinski definition) is 4. The van der Waals surface area contributed by atoms with Crippen LogP contribution in [0.4, 0.5) is 13.2 Å². The van der Waals surface area contributed by atoms with Crippen LogP contribution in [0.1, 0.15) is 0 Å². The maximum Gasteiger partial charge on any atom is 0.405 e. The van der Waals surface area contributed by atoms with Gasteiger partial charge in [0.2, 0.25) is 0 Å². The molecule has 0 saturated carbocycles. The van der Waals surface area contributed by atoms with E-state index >= 15 is 0 Å². The number of fused-ring (bicyclic) bond motifs is 1. The van der Waals surface area contributed by atoms with Crippen LogP contribution in [0.2, 0.25) is 0 Å². The van der Waals surface area contributed by atoms with E-state index in [0.717, 1.165) is 5.56 Å². The highest BCUT2D eigenvalue weighted by Crippen LogP contribution is 2.23. The molecule has 1 aromatic heterocycles. The zero-order valence-corrected chi connectivity index (χ0v) is 13.9. The number of carbonyl (C=O) groups excluding carboxylic acids is 1. The Morgan fingerprint density at radius 3 is 2.56 bits per heavy atom. The number of ether oxygens (including phenoxy) is 1. The lowest BCUT2D eigenvalue weighted by Gasteiger charge is -2.10. The van der Waals surface area contributed by atoms with Crippen LogP contribution in [-0.2, 0) is 4.79 Å². The molecule has 140 valence electrons. The highest BCUT2D eigenvalue weighted by atomic mass is 19.4. The Bertz CT molecular complexity index is 1010. The molecule has 3 aromatic rings. The zero-order valence-electron chi connectivity index (χ0n) is 13.9. The lowest BCUT2D eigenvalue weighted by atomic mass is 10.1. The van der Waals surface area contributed by atoms with Gasteiger partial charge in [0.05, 0.1) is 10.9 Å². The van der Waals surface area contributed by atoms with E-state index in [4.69, 9.17) is 9.15 Å². The van der Waals surface area contributed by atoms with Gasteiger partial charge in [0, 0.05) is 6.07 Å². The summed E-state index contributed by atoms with van der Waals surface area (Å²) in [5, 5.41) is 2.03. The van der Waals surface area contributed by atoms with Gasteiger partial charge in [-0.1, -0.05) is 30.3 Å². The topological polar surface area (TPSA) is 68.5 Å². The number of amides is 1. The van der Waals surface area contributed by atoms with Crippen molar-refractivity contribution in [1.82, 2.24) is 5.32 Å². The minimum atomic E-state index is -4.49. The molecule has 0 aliphatic heterocycles. The zero-order chi connectivity index (χ0) is 19.4. The second-order valence-electron chi connectivity index (χ2n) is 5.68. The summed E-state index contributed by atoms with van der Waals surface area (Å²) in [6.45, 7) is -2.02. The number of nitrogens with one attached hydrogen (secondary N) is 1. The molecule has 0 spiro atoms. The molecule has 1 N–H and O–H groups in total. The van der Waals surface area contributed by atoms with Gasteiger partial charge in [0.15, 0.2) is 12.0 Å². The first-order valence-corrected chi connectivity index (χ1v) is 7.91. The van der Waals surface area contributed by atoms with Crippen LogP contribution >= 0.6 is 0 Å². The van der Waals surface area contributed by atoms with Crippen molar-refractivity contribution < 1.29 is 27.1 Å². The Kier molecular flexibility index (Phi) is 5.16. The quantitative estimate of drug-likeness (QED) is 0.739. The van der Waals surface area contributed by atoms with E-state index in [1.807, 2.05) is 6.07 Å². The van der Waals surface area contributed by atoms with Gasteiger partial charge in [-0.15, -0.1) is 0 Å². The SMILES string of the molecule is O=C(COc1ccc2c(=O)c(-c3ccccc3)coc2c1)NCC(F)(F)F. The Hall–Kier alpha value is -3.29. The van der Waals surface area contributed by atoms with E-state index in [-0.39, 0.29) is 16.8 Å². The van der Waals surface area contributed by atoms with Gasteiger partial charge in [0.1, 0.15) is 24.1 Å². The molecule has 0 radical (unpaired) electrons. The first kappa shape index (κ1) is 18.5. The molecule has 1 heterocycles. The number of halogens is 3. The van der Waals surface area contributed by atoms with Gasteiger partial charge in [-0.3, -0.25) is 9.59 Å². The van der Waals surface area contributed by atoms with E-state index < -0.39 is 25.2 Å². The summed E-state index contributed by atoms with van der Waals surface area (Å²) in [5.74, 6) is -0.714. The van der Waals surface area contributed by atoms with Gasteiger partial charge >= 0.3 is 6.18 Å². The number of alkyl halides is 3. The highest BCUT2D eigenvalue weighted by molar-refractivity contribution is 5.83. The minimum Gasteiger partial charge on any atom is -0.484 e. The molecule has 0 saturated heterocycles. The fourth-order valence-corrected chi connectivity index (χ4v) is 2.41. The molecule has 0 atom stereocenters. The molecule has 27 heavy (non-hydrogen) atoms. The normalized spacial score (nSPS) is 11.4. The van der Waals surface area contributed by atoms with Gasteiger partial charge in [0.25, 0.3) is 5.91 Å². The van der Waals surface area contributed by atoms with Crippen molar-refractivity contribution in [1.29, 1.82) is 0 Å². The van der Waals surface area contributed by atoms with Crippen molar-refractivity contribution in [3.05, 3.63) is 65.0 Å². The average Bonchev–Trinajstić information content (AvgIpc) is 2.65. The molecule has 1 amide bonds. The van der Waals surface area contributed by atoms with Gasteiger partial charge in [-0.2, -0.15) is 13.2 Å². The largest absolute Gasteiger partial charge is 0.484 e. The Labute approximate surface area is 151 Å². The standard InChI is InChI=1S/C19H14F3NO4/c20-19(21,22)11-23-17(24)10-26-13-6-7-14-16(8-13)27-9-15(18(14)25)12-4-2-1-3-5-12/h1-9H,10-11H2,(H,23,24). The molecular formula is C19H14F3NO4. The van der Waals surface area contributed by atoms with Crippen LogP contribution in [0.3, 0.4) is 0 Å². The summed E-state index contributed by atoms with van der Waals surface area (Å²) in [7, 11) is 0. The van der Waals surface area contributed by atoms with Crippen LogP contribution in [0.25, 0.3) is 22.1 Å². The summed E-state index contributed by atoms with van der Waals surface area (Å²) < 4.78 is 46.8. The minimum absolute atomic E-state index is 0.195. The first-order valence-electron chi connectivity index (χ1n) is 7.91. The van der Waals surface area contributed by atoms with Crippen LogP contribution in [0.15, 0.2) is 64.0 Å². The van der Waals surface area contributed by atoms with Gasteiger partial charge in [-0.05, 0) is 17.7 Å². The molecule has 0 aliphatic rings. The van der Waals surface area contributed by atoms with Gasteiger partial charge < -0.3 is 14.5 Å². The molecule has 5 nitrogen and oxygen atoms in total. The second-order valence-corrected chi connectivity index (χ2v) is 5.68. The van der Waals surface area contributed by atoms with Crippen molar-refractivity contribution in [3.8, 4) is 16.9 Å². The Morgan fingerprint density at radius 1 is 1.11 bits per heavy atom. The summed E-state index contributed by atoms with van der Waals surface area (Å²) in [5.41, 5.74) is 1.14. The van der Waals surface area contributed by atoms with E-state index in [9.17, 15) is 22.8 Å². The second kappa shape index (κ2) is 7.53. The summed E-state index contributed by atoms with van der Waals surface area (Å²) in [6, 6.07) is 13.4. The van der Waals surface area contributed by atoms with Crippen molar-refractivity contribution in [2.75, 3.05) is 13.2 Å². The Balaban J connectivity index is 1.75. The number of rotatable bonds is 5. The Morgan fingerprint density at radius 2 is 1.85 bits per heavy atom. The maximum atomic E-state index is 12.6. The van der Waals surface area contributed by atoms with E-state index in [1.165, 1.54) is 24.5 Å². The fraction of sp³-hybridized carbons (Fsp3) is 0.158. The van der Waals surface area contributed by atoms with E-state index in [0.29, 0.717) is 10.9 Å². The van der Waals surface area contributed by atoms with E-state index in [2.05, 4.69) is 0 Å². The molecule has 0 aliphatic carbocycles. The lowest BCUT2D eigenvalue weighted by molar-refractivity contribution is -0.139. The summed E-state index contributed by atoms with van der Waals surface area (Å²) in [6.07, 6.45) is -3.15. The maximum absolute atomic E-state index is 12.6. The predicted octanol–water partition coefficient (Wildman–Crippen LogP) is 3.52. The molecule has 0 fully saturated rings. The third-order valence-electron chi connectivity index (χ3n) is 3.69. The average molecular weight is 377 g/mol. The van der Waals surface area contributed by atoms with Crippen molar-refractivity contribution in [2.45, 2.75) is 6.18 Å². The highest BCUT2D eigenvalue weighted by Gasteiger charge is 2.27. The molecular weight excluding hydrogens is 363 g/mol. The molecule has 8 heteroatoms. The van der Waals surface area contributed by atoms with Crippen molar-refractivity contribution in [3.63, 3.8) is 0 Å². The monoisotopic (exact) mass is 377 g/mol. The molecule has 0 unspecified atom stereocenters. The third kappa shape index (κ3) is 4.66.